The molecule has 1 N–H and O–H groups in total. The molecule has 0 aliphatic carbocycles. The minimum absolute atomic E-state index is 0.00859. The van der Waals surface area contributed by atoms with Crippen molar-refractivity contribution in [1.82, 2.24) is 10.2 Å². The largest absolute Gasteiger partial charge is 0.349 e. The van der Waals surface area contributed by atoms with Gasteiger partial charge in [-0.15, -0.1) is 0 Å². The van der Waals surface area contributed by atoms with Crippen molar-refractivity contribution < 1.29 is 14.0 Å². The van der Waals surface area contributed by atoms with Crippen molar-refractivity contribution in [3.63, 3.8) is 0 Å². The Morgan fingerprint density at radius 3 is 2.50 bits per heavy atom. The standard InChI is InChI=1S/C17H23FN2O2/c1-11(2)16(12-4-6-14(18)7-5-12)19-17(22)13-8-9-20(3)15(21)10-13/h4-7,11,13,16H,8-10H2,1-3H3,(H,19,22)/t13-,16-/m1/s1. The van der Waals surface area contributed by atoms with Gasteiger partial charge in [-0.25, -0.2) is 4.39 Å². The molecule has 0 saturated carbocycles. The van der Waals surface area contributed by atoms with Crippen molar-refractivity contribution in [2.45, 2.75) is 32.7 Å². The van der Waals surface area contributed by atoms with Gasteiger partial charge in [0, 0.05) is 25.9 Å². The fraction of sp³-hybridized carbons (Fsp3) is 0.529. The summed E-state index contributed by atoms with van der Waals surface area (Å²) >= 11 is 0. The molecule has 0 unspecified atom stereocenters. The number of hydrogen-bond acceptors (Lipinski definition) is 2. The van der Waals surface area contributed by atoms with Crippen LogP contribution in [-0.4, -0.2) is 30.3 Å². The van der Waals surface area contributed by atoms with E-state index in [1.54, 1.807) is 24.1 Å². The van der Waals surface area contributed by atoms with Gasteiger partial charge >= 0.3 is 0 Å². The molecule has 120 valence electrons. The molecule has 1 fully saturated rings. The summed E-state index contributed by atoms with van der Waals surface area (Å²) in [5, 5.41) is 3.03. The van der Waals surface area contributed by atoms with E-state index in [1.807, 2.05) is 13.8 Å². The van der Waals surface area contributed by atoms with Gasteiger partial charge < -0.3 is 10.2 Å². The van der Waals surface area contributed by atoms with E-state index < -0.39 is 0 Å². The van der Waals surface area contributed by atoms with Crippen LogP contribution in [0.15, 0.2) is 24.3 Å². The molecular formula is C17H23FN2O2. The van der Waals surface area contributed by atoms with Crippen LogP contribution in [0.1, 0.15) is 38.3 Å². The van der Waals surface area contributed by atoms with Crippen LogP contribution in [0.4, 0.5) is 4.39 Å². The minimum atomic E-state index is -0.293. The van der Waals surface area contributed by atoms with Crippen molar-refractivity contribution in [3.05, 3.63) is 35.6 Å². The average molecular weight is 306 g/mol. The van der Waals surface area contributed by atoms with Gasteiger partial charge in [0.05, 0.1) is 6.04 Å². The lowest BCUT2D eigenvalue weighted by molar-refractivity contribution is -0.139. The van der Waals surface area contributed by atoms with Crippen LogP contribution in [-0.2, 0) is 9.59 Å². The predicted molar refractivity (Wildman–Crippen MR) is 82.5 cm³/mol. The lowest BCUT2D eigenvalue weighted by Gasteiger charge is -2.30. The third-order valence-corrected chi connectivity index (χ3v) is 4.22. The number of carbonyl (C=O) groups is 2. The van der Waals surface area contributed by atoms with E-state index >= 15 is 0 Å². The van der Waals surface area contributed by atoms with Crippen molar-refractivity contribution in [2.24, 2.45) is 11.8 Å². The Balaban J connectivity index is 2.06. The Morgan fingerprint density at radius 2 is 1.95 bits per heavy atom. The first-order valence-electron chi connectivity index (χ1n) is 7.68. The van der Waals surface area contributed by atoms with Crippen molar-refractivity contribution >= 4 is 11.8 Å². The van der Waals surface area contributed by atoms with Crippen LogP contribution in [0.2, 0.25) is 0 Å². The molecule has 1 aromatic carbocycles. The maximum Gasteiger partial charge on any atom is 0.224 e. The molecular weight excluding hydrogens is 283 g/mol. The van der Waals surface area contributed by atoms with Gasteiger partial charge in [0.15, 0.2) is 0 Å². The van der Waals surface area contributed by atoms with Gasteiger partial charge in [0.2, 0.25) is 11.8 Å². The van der Waals surface area contributed by atoms with Crippen LogP contribution in [0.25, 0.3) is 0 Å². The molecule has 22 heavy (non-hydrogen) atoms. The molecule has 2 amide bonds. The van der Waals surface area contributed by atoms with Gasteiger partial charge in [-0.2, -0.15) is 0 Å². The third-order valence-electron chi connectivity index (χ3n) is 4.22. The summed E-state index contributed by atoms with van der Waals surface area (Å²) in [6.45, 7) is 4.63. The quantitative estimate of drug-likeness (QED) is 0.929. The van der Waals surface area contributed by atoms with Gasteiger partial charge in [-0.3, -0.25) is 9.59 Å². The number of benzene rings is 1. The highest BCUT2D eigenvalue weighted by Gasteiger charge is 2.30. The van der Waals surface area contributed by atoms with Crippen molar-refractivity contribution in [3.8, 4) is 0 Å². The smallest absolute Gasteiger partial charge is 0.224 e. The lowest BCUT2D eigenvalue weighted by Crippen LogP contribution is -2.43. The summed E-state index contributed by atoms with van der Waals surface area (Å²) in [7, 11) is 1.76. The monoisotopic (exact) mass is 306 g/mol. The molecule has 0 bridgehead atoms. The molecule has 2 rings (SSSR count). The maximum atomic E-state index is 13.1. The lowest BCUT2D eigenvalue weighted by atomic mass is 9.92. The summed E-state index contributed by atoms with van der Waals surface area (Å²) in [6.07, 6.45) is 0.943. The Labute approximate surface area is 130 Å². The van der Waals surface area contributed by atoms with Crippen molar-refractivity contribution in [2.75, 3.05) is 13.6 Å². The number of halogens is 1. The number of rotatable bonds is 4. The van der Waals surface area contributed by atoms with Crippen molar-refractivity contribution in [1.29, 1.82) is 0 Å². The van der Waals surface area contributed by atoms with E-state index in [0.29, 0.717) is 13.0 Å². The number of carbonyl (C=O) groups excluding carboxylic acids is 2. The first-order valence-corrected chi connectivity index (χ1v) is 7.68. The highest BCUT2D eigenvalue weighted by atomic mass is 19.1. The first-order chi connectivity index (χ1) is 10.4. The van der Waals surface area contributed by atoms with E-state index in [2.05, 4.69) is 5.32 Å². The Morgan fingerprint density at radius 1 is 1.32 bits per heavy atom. The van der Waals surface area contributed by atoms with E-state index in [0.717, 1.165) is 5.56 Å². The summed E-state index contributed by atoms with van der Waals surface area (Å²) in [5.74, 6) is -0.473. The van der Waals surface area contributed by atoms with Crippen LogP contribution in [0.3, 0.4) is 0 Å². The average Bonchev–Trinajstić information content (AvgIpc) is 2.48. The number of nitrogens with one attached hydrogen (secondary N) is 1. The maximum absolute atomic E-state index is 13.1. The molecule has 2 atom stereocenters. The van der Waals surface area contributed by atoms with Crippen LogP contribution < -0.4 is 5.32 Å². The zero-order valence-electron chi connectivity index (χ0n) is 13.3. The van der Waals surface area contributed by atoms with Gasteiger partial charge in [0.25, 0.3) is 0 Å². The highest BCUT2D eigenvalue weighted by molar-refractivity contribution is 5.87. The molecule has 1 heterocycles. The second-order valence-electron chi connectivity index (χ2n) is 6.29. The van der Waals surface area contributed by atoms with E-state index in [1.165, 1.54) is 12.1 Å². The normalized spacial score (nSPS) is 20.1. The zero-order valence-corrected chi connectivity index (χ0v) is 13.3. The molecule has 1 aliphatic rings. The Bertz CT molecular complexity index is 542. The number of nitrogens with zero attached hydrogens (tertiary/aromatic N) is 1. The molecule has 4 nitrogen and oxygen atoms in total. The third kappa shape index (κ3) is 3.84. The van der Waals surface area contributed by atoms with E-state index in [-0.39, 0.29) is 41.9 Å². The van der Waals surface area contributed by atoms with Crippen LogP contribution >= 0.6 is 0 Å². The first kappa shape index (κ1) is 16.5. The number of hydrogen-bond donors (Lipinski definition) is 1. The van der Waals surface area contributed by atoms with Crippen LogP contribution in [0, 0.1) is 17.7 Å². The van der Waals surface area contributed by atoms with Gasteiger partial charge in [0.1, 0.15) is 5.82 Å². The summed E-state index contributed by atoms with van der Waals surface area (Å²) < 4.78 is 13.1. The second kappa shape index (κ2) is 6.90. The fourth-order valence-corrected chi connectivity index (χ4v) is 2.74. The van der Waals surface area contributed by atoms with Crippen LogP contribution in [0.5, 0.6) is 0 Å². The molecule has 0 aromatic heterocycles. The number of piperidine rings is 1. The molecule has 0 spiro atoms. The fourth-order valence-electron chi connectivity index (χ4n) is 2.74. The SMILES string of the molecule is CC(C)[C@@H](NC(=O)[C@@H]1CCN(C)C(=O)C1)c1ccc(F)cc1. The molecule has 1 aliphatic heterocycles. The highest BCUT2D eigenvalue weighted by Crippen LogP contribution is 2.24. The number of likely N-dealkylation sites (tertiary alicyclic amines) is 1. The number of amides is 2. The Hall–Kier alpha value is -1.91. The summed E-state index contributed by atoms with van der Waals surface area (Å²) in [5.41, 5.74) is 0.879. The molecule has 0 radical (unpaired) electrons. The Kier molecular flexibility index (Phi) is 5.16. The molecule has 1 saturated heterocycles. The predicted octanol–water partition coefficient (Wildman–Crippen LogP) is 2.51. The minimum Gasteiger partial charge on any atom is -0.349 e. The topological polar surface area (TPSA) is 49.4 Å². The van der Waals surface area contributed by atoms with Gasteiger partial charge in [-0.05, 0) is 30.0 Å². The summed E-state index contributed by atoms with van der Waals surface area (Å²) in [4.78, 5) is 25.8. The van der Waals surface area contributed by atoms with E-state index in [9.17, 15) is 14.0 Å². The molecule has 5 heteroatoms. The molecule has 1 aromatic rings. The second-order valence-corrected chi connectivity index (χ2v) is 6.29. The summed E-state index contributed by atoms with van der Waals surface area (Å²) in [6, 6.07) is 6.01. The van der Waals surface area contributed by atoms with Gasteiger partial charge in [-0.1, -0.05) is 26.0 Å². The zero-order chi connectivity index (χ0) is 16.3. The van der Waals surface area contributed by atoms with E-state index in [4.69, 9.17) is 0 Å².